The zero-order chi connectivity index (χ0) is 17.6. The molecule has 0 saturated heterocycles. The van der Waals surface area contributed by atoms with E-state index in [1.807, 2.05) is 13.8 Å². The second kappa shape index (κ2) is 5.89. The maximum atomic E-state index is 8.50. The molecule has 1 atom stereocenters. The van der Waals surface area contributed by atoms with E-state index >= 15 is 0 Å². The Hall–Kier alpha value is -1.87. The summed E-state index contributed by atoms with van der Waals surface area (Å²) >= 11 is 12.1. The molecule has 0 saturated carbocycles. The number of aromatic nitrogens is 2. The summed E-state index contributed by atoms with van der Waals surface area (Å²) in [5, 5.41) is 17.2. The number of amidine groups is 1. The van der Waals surface area contributed by atoms with E-state index in [2.05, 4.69) is 10.3 Å². The molecule has 2 heterocycles. The zero-order valence-electron chi connectivity index (χ0n) is 13.1. The summed E-state index contributed by atoms with van der Waals surface area (Å²) in [7, 11) is 0. The molecular formula is C14H17Cl2N7O. The van der Waals surface area contributed by atoms with Crippen LogP contribution in [0.5, 0.6) is 0 Å². The molecule has 0 radical (unpaired) electrons. The summed E-state index contributed by atoms with van der Waals surface area (Å²) in [5.41, 5.74) is 12.2. The molecule has 3 rings (SSSR count). The van der Waals surface area contributed by atoms with E-state index in [1.54, 1.807) is 23.1 Å². The smallest absolute Gasteiger partial charge is 0.228 e. The third kappa shape index (κ3) is 2.51. The largest absolute Gasteiger partial charge is 0.328 e. The van der Waals surface area contributed by atoms with Crippen LogP contribution in [0.15, 0.2) is 22.8 Å². The van der Waals surface area contributed by atoms with E-state index in [0.29, 0.717) is 33.9 Å². The summed E-state index contributed by atoms with van der Waals surface area (Å²) in [5.74, 6) is 0.861. The van der Waals surface area contributed by atoms with E-state index in [9.17, 15) is 0 Å². The SMILES string of the molecule is CC(C)(CN)N1c2nonc2N(c2ccc(Cl)c(Cl)c2)C(=N)C1N. The van der Waals surface area contributed by atoms with Gasteiger partial charge in [0.25, 0.3) is 0 Å². The fourth-order valence-corrected chi connectivity index (χ4v) is 2.91. The van der Waals surface area contributed by atoms with Crippen LogP contribution in [0.25, 0.3) is 0 Å². The van der Waals surface area contributed by atoms with E-state index in [4.69, 9.17) is 44.7 Å². The van der Waals surface area contributed by atoms with Gasteiger partial charge in [0.15, 0.2) is 0 Å². The van der Waals surface area contributed by atoms with Gasteiger partial charge in [-0.05, 0) is 42.4 Å². The molecule has 0 amide bonds. The van der Waals surface area contributed by atoms with Crippen molar-refractivity contribution in [1.82, 2.24) is 10.3 Å². The summed E-state index contributed by atoms with van der Waals surface area (Å²) in [6, 6.07) is 4.99. The predicted octanol–water partition coefficient (Wildman–Crippen LogP) is 2.33. The topological polar surface area (TPSA) is 121 Å². The predicted molar refractivity (Wildman–Crippen MR) is 94.2 cm³/mol. The van der Waals surface area contributed by atoms with Crippen molar-refractivity contribution in [3.63, 3.8) is 0 Å². The maximum Gasteiger partial charge on any atom is 0.228 e. The van der Waals surface area contributed by atoms with E-state index in [1.165, 1.54) is 4.90 Å². The minimum atomic E-state index is -0.780. The first kappa shape index (κ1) is 17.0. The summed E-state index contributed by atoms with van der Waals surface area (Å²) < 4.78 is 4.90. The Bertz CT molecular complexity index is 791. The number of hydrogen-bond donors (Lipinski definition) is 3. The van der Waals surface area contributed by atoms with Crippen LogP contribution in [0.3, 0.4) is 0 Å². The highest BCUT2D eigenvalue weighted by atomic mass is 35.5. The standard InChI is InChI=1S/C14H17Cl2N7O/c1-14(2,6-17)23-11(19)10(18)22(12-13(23)21-24-20-12)7-3-4-8(15)9(16)5-7/h3-5,11,18H,6,17,19H2,1-2H3. The molecular weight excluding hydrogens is 353 g/mol. The number of nitrogens with zero attached hydrogens (tertiary/aromatic N) is 4. The lowest BCUT2D eigenvalue weighted by atomic mass is 10.00. The van der Waals surface area contributed by atoms with Crippen LogP contribution in [-0.4, -0.2) is 34.4 Å². The normalized spacial score (nSPS) is 18.1. The lowest BCUT2D eigenvalue weighted by molar-refractivity contribution is 0.306. The molecule has 5 N–H and O–H groups in total. The maximum absolute atomic E-state index is 8.50. The van der Waals surface area contributed by atoms with Crippen molar-refractivity contribution in [2.45, 2.75) is 25.6 Å². The van der Waals surface area contributed by atoms with Gasteiger partial charge in [-0.2, -0.15) is 0 Å². The van der Waals surface area contributed by atoms with Crippen LogP contribution < -0.4 is 21.3 Å². The van der Waals surface area contributed by atoms with Crippen LogP contribution in [-0.2, 0) is 0 Å². The van der Waals surface area contributed by atoms with Crippen molar-refractivity contribution in [3.8, 4) is 0 Å². The van der Waals surface area contributed by atoms with E-state index < -0.39 is 11.7 Å². The van der Waals surface area contributed by atoms with Gasteiger partial charge in [-0.3, -0.25) is 10.3 Å². The van der Waals surface area contributed by atoms with Gasteiger partial charge in [0.05, 0.1) is 21.3 Å². The van der Waals surface area contributed by atoms with Gasteiger partial charge in [0.1, 0.15) is 12.0 Å². The number of halogens is 2. The lowest BCUT2D eigenvalue weighted by Crippen LogP contribution is -2.65. The first-order valence-corrected chi connectivity index (χ1v) is 7.94. The quantitative estimate of drug-likeness (QED) is 0.758. The first-order valence-electron chi connectivity index (χ1n) is 7.19. The van der Waals surface area contributed by atoms with Crippen LogP contribution >= 0.6 is 23.2 Å². The van der Waals surface area contributed by atoms with Gasteiger partial charge in [0.2, 0.25) is 11.6 Å². The molecule has 0 fully saturated rings. The Labute approximate surface area is 148 Å². The summed E-state index contributed by atoms with van der Waals surface area (Å²) in [6.45, 7) is 4.13. The Balaban J connectivity index is 2.14. The Morgan fingerprint density at radius 2 is 1.92 bits per heavy atom. The van der Waals surface area contributed by atoms with Gasteiger partial charge in [-0.15, -0.1) is 0 Å². The Morgan fingerprint density at radius 1 is 1.25 bits per heavy atom. The van der Waals surface area contributed by atoms with Gasteiger partial charge >= 0.3 is 0 Å². The molecule has 8 nitrogen and oxygen atoms in total. The first-order chi connectivity index (χ1) is 11.3. The van der Waals surface area contributed by atoms with Crippen molar-refractivity contribution in [1.29, 1.82) is 5.41 Å². The number of nitrogens with two attached hydrogens (primary N) is 2. The molecule has 2 aromatic rings. The third-order valence-electron chi connectivity index (χ3n) is 4.01. The number of rotatable bonds is 3. The monoisotopic (exact) mass is 369 g/mol. The lowest BCUT2D eigenvalue weighted by Gasteiger charge is -2.46. The molecule has 24 heavy (non-hydrogen) atoms. The Kier molecular flexibility index (Phi) is 4.16. The molecule has 1 aromatic carbocycles. The van der Waals surface area contributed by atoms with Gasteiger partial charge < -0.3 is 16.4 Å². The van der Waals surface area contributed by atoms with Crippen LogP contribution in [0.2, 0.25) is 10.0 Å². The van der Waals surface area contributed by atoms with Crippen molar-refractivity contribution in [2.24, 2.45) is 11.5 Å². The van der Waals surface area contributed by atoms with E-state index in [0.717, 1.165) is 0 Å². The molecule has 1 aromatic heterocycles. The molecule has 10 heteroatoms. The van der Waals surface area contributed by atoms with Gasteiger partial charge in [-0.25, -0.2) is 4.63 Å². The molecule has 0 aliphatic carbocycles. The fourth-order valence-electron chi connectivity index (χ4n) is 2.62. The molecule has 1 aliphatic rings. The summed E-state index contributed by atoms with van der Waals surface area (Å²) in [6.07, 6.45) is -0.780. The number of hydrogen-bond acceptors (Lipinski definition) is 7. The van der Waals surface area contributed by atoms with Crippen molar-refractivity contribution >= 4 is 46.4 Å². The van der Waals surface area contributed by atoms with Crippen LogP contribution in [0.4, 0.5) is 17.3 Å². The third-order valence-corrected chi connectivity index (χ3v) is 4.75. The van der Waals surface area contributed by atoms with E-state index in [-0.39, 0.29) is 5.84 Å². The number of anilines is 3. The minimum absolute atomic E-state index is 0.0955. The number of nitrogens with one attached hydrogen (secondary N) is 1. The van der Waals surface area contributed by atoms with Gasteiger partial charge in [0, 0.05) is 6.54 Å². The van der Waals surface area contributed by atoms with Crippen molar-refractivity contribution in [3.05, 3.63) is 28.2 Å². The second-order valence-corrected chi connectivity index (χ2v) is 6.88. The number of benzene rings is 1. The molecule has 128 valence electrons. The zero-order valence-corrected chi connectivity index (χ0v) is 14.6. The minimum Gasteiger partial charge on any atom is -0.328 e. The van der Waals surface area contributed by atoms with Crippen LogP contribution in [0, 0.1) is 5.41 Å². The highest BCUT2D eigenvalue weighted by Crippen LogP contribution is 2.41. The number of fused-ring (bicyclic) bond motifs is 1. The average molecular weight is 370 g/mol. The second-order valence-electron chi connectivity index (χ2n) is 6.06. The van der Waals surface area contributed by atoms with Gasteiger partial charge in [-0.1, -0.05) is 23.2 Å². The van der Waals surface area contributed by atoms with Crippen LogP contribution in [0.1, 0.15) is 13.8 Å². The molecule has 0 bridgehead atoms. The van der Waals surface area contributed by atoms with Crippen molar-refractivity contribution in [2.75, 3.05) is 16.3 Å². The highest BCUT2D eigenvalue weighted by Gasteiger charge is 2.44. The highest BCUT2D eigenvalue weighted by molar-refractivity contribution is 6.42. The molecule has 0 spiro atoms. The average Bonchev–Trinajstić information content (AvgIpc) is 2.99. The molecule has 1 aliphatic heterocycles. The van der Waals surface area contributed by atoms with Crippen molar-refractivity contribution < 1.29 is 4.63 Å². The fraction of sp³-hybridized carbons (Fsp3) is 0.357. The Morgan fingerprint density at radius 3 is 2.54 bits per heavy atom. The summed E-state index contributed by atoms with van der Waals surface area (Å²) in [4.78, 5) is 3.26. The molecule has 1 unspecified atom stereocenters.